The van der Waals surface area contributed by atoms with E-state index in [-0.39, 0.29) is 15.6 Å². The van der Waals surface area contributed by atoms with Crippen LogP contribution in [0.1, 0.15) is 28.0 Å². The van der Waals surface area contributed by atoms with Crippen LogP contribution in [0.5, 0.6) is 0 Å². The fourth-order valence-corrected chi connectivity index (χ4v) is 5.13. The van der Waals surface area contributed by atoms with Gasteiger partial charge in [0, 0.05) is 11.1 Å². The molecule has 1 N–H and O–H groups in total. The summed E-state index contributed by atoms with van der Waals surface area (Å²) < 4.78 is 32.6. The van der Waals surface area contributed by atoms with Crippen LogP contribution in [0.15, 0.2) is 86.5 Å². The Morgan fingerprint density at radius 3 is 2.50 bits per heavy atom. The van der Waals surface area contributed by atoms with Gasteiger partial charge in [0.1, 0.15) is 17.8 Å². The number of nitrogens with zero attached hydrogens (tertiary/aromatic N) is 3. The number of aryl methyl sites for hydroxylation is 2. The predicted molar refractivity (Wildman–Crippen MR) is 121 cm³/mol. The molecule has 8 heteroatoms. The number of fused-ring (bicyclic) bond motifs is 2. The lowest BCUT2D eigenvalue weighted by molar-refractivity contribution is 0.518. The molecule has 0 atom stereocenters. The molecule has 0 aliphatic carbocycles. The summed E-state index contributed by atoms with van der Waals surface area (Å²) in [6.07, 6.45) is 2.82. The lowest BCUT2D eigenvalue weighted by atomic mass is 9.99. The summed E-state index contributed by atoms with van der Waals surface area (Å²) in [6.45, 7) is 4.26. The second kappa shape index (κ2) is 7.72. The average Bonchev–Trinajstić information content (AvgIpc) is 3.27. The van der Waals surface area contributed by atoms with E-state index in [2.05, 4.69) is 15.3 Å². The van der Waals surface area contributed by atoms with Crippen molar-refractivity contribution in [3.05, 3.63) is 95.2 Å². The summed E-state index contributed by atoms with van der Waals surface area (Å²) in [6, 6.07) is 16.7. The average molecular weight is 445 g/mol. The standard InChI is InChI=1S/C24H20N4O3S/c1-15-5-8-17(9-6-15)21-19-12-16(2)7-10-20(19)32(29,30)24-22(28-21)23(26-14-27-24)25-13-18-4-3-11-31-18/h3-12,14H,13H2,1-2H3,(H,25,26,27). The number of rotatable bonds is 4. The number of benzene rings is 2. The van der Waals surface area contributed by atoms with Gasteiger partial charge in [0.2, 0.25) is 9.84 Å². The molecule has 1 aliphatic rings. The van der Waals surface area contributed by atoms with Crippen LogP contribution < -0.4 is 5.32 Å². The van der Waals surface area contributed by atoms with Gasteiger partial charge in [-0.3, -0.25) is 0 Å². The third kappa shape index (κ3) is 3.48. The van der Waals surface area contributed by atoms with Crippen LogP contribution in [0.3, 0.4) is 0 Å². The molecule has 1 aliphatic heterocycles. The van der Waals surface area contributed by atoms with E-state index in [4.69, 9.17) is 9.41 Å². The van der Waals surface area contributed by atoms with Crippen LogP contribution in [0.25, 0.3) is 0 Å². The van der Waals surface area contributed by atoms with Crippen LogP contribution in [0, 0.1) is 13.8 Å². The van der Waals surface area contributed by atoms with Gasteiger partial charge in [-0.1, -0.05) is 41.5 Å². The molecule has 5 rings (SSSR count). The van der Waals surface area contributed by atoms with Gasteiger partial charge in [-0.25, -0.2) is 23.4 Å². The van der Waals surface area contributed by atoms with Gasteiger partial charge >= 0.3 is 0 Å². The maximum absolute atomic E-state index is 13.6. The van der Waals surface area contributed by atoms with Crippen molar-refractivity contribution in [3.8, 4) is 0 Å². The lowest BCUT2D eigenvalue weighted by Gasteiger charge is -2.11. The number of nitrogens with one attached hydrogen (secondary N) is 1. The fourth-order valence-electron chi connectivity index (χ4n) is 3.64. The number of furan rings is 1. The molecule has 0 saturated heterocycles. The summed E-state index contributed by atoms with van der Waals surface area (Å²) in [7, 11) is -3.93. The number of aromatic nitrogens is 2. The van der Waals surface area contributed by atoms with E-state index in [1.54, 1.807) is 24.5 Å². The molecule has 0 bridgehead atoms. The smallest absolute Gasteiger partial charge is 0.226 e. The zero-order chi connectivity index (χ0) is 22.3. The quantitative estimate of drug-likeness (QED) is 0.407. The van der Waals surface area contributed by atoms with Gasteiger partial charge in [0.05, 0.1) is 23.4 Å². The van der Waals surface area contributed by atoms with Crippen LogP contribution in [0.2, 0.25) is 0 Å². The minimum absolute atomic E-state index is 0.123. The Morgan fingerprint density at radius 2 is 1.75 bits per heavy atom. The largest absolute Gasteiger partial charge is 0.467 e. The van der Waals surface area contributed by atoms with Crippen molar-refractivity contribution in [2.45, 2.75) is 30.3 Å². The number of aliphatic imine (C=N–C) groups is 1. The topological polar surface area (TPSA) is 97.4 Å². The highest BCUT2D eigenvalue weighted by Gasteiger charge is 2.33. The highest BCUT2D eigenvalue weighted by atomic mass is 32.2. The Kier molecular flexibility index (Phi) is 4.86. The van der Waals surface area contributed by atoms with Crippen molar-refractivity contribution >= 4 is 27.1 Å². The van der Waals surface area contributed by atoms with E-state index >= 15 is 0 Å². The van der Waals surface area contributed by atoms with E-state index in [9.17, 15) is 8.42 Å². The van der Waals surface area contributed by atoms with E-state index in [1.807, 2.05) is 50.2 Å². The first-order valence-corrected chi connectivity index (χ1v) is 11.5. The number of sulfone groups is 1. The zero-order valence-electron chi connectivity index (χ0n) is 17.5. The molecular formula is C24H20N4O3S. The lowest BCUT2D eigenvalue weighted by Crippen LogP contribution is -2.10. The maximum Gasteiger partial charge on any atom is 0.226 e. The Balaban J connectivity index is 1.76. The SMILES string of the molecule is Cc1ccc(C2=Nc3c(NCc4ccco4)ncnc3S(=O)(=O)c3ccc(C)cc32)cc1. The number of hydrogen-bond acceptors (Lipinski definition) is 7. The first kappa shape index (κ1) is 20.1. The highest BCUT2D eigenvalue weighted by molar-refractivity contribution is 7.91. The molecule has 32 heavy (non-hydrogen) atoms. The van der Waals surface area contributed by atoms with Crippen molar-refractivity contribution in [2.75, 3.05) is 5.32 Å². The fraction of sp³-hybridized carbons (Fsp3) is 0.125. The van der Waals surface area contributed by atoms with E-state index in [1.165, 1.54) is 6.33 Å². The van der Waals surface area contributed by atoms with Crippen molar-refractivity contribution in [1.29, 1.82) is 0 Å². The molecule has 4 aromatic rings. The Labute approximate surface area is 185 Å². The molecule has 2 aromatic heterocycles. The summed E-state index contributed by atoms with van der Waals surface area (Å²) in [5.41, 5.74) is 4.14. The van der Waals surface area contributed by atoms with Gasteiger partial charge < -0.3 is 9.73 Å². The second-order valence-electron chi connectivity index (χ2n) is 7.64. The first-order valence-electron chi connectivity index (χ1n) is 10.1. The zero-order valence-corrected chi connectivity index (χ0v) is 18.3. The minimum atomic E-state index is -3.93. The normalized spacial score (nSPS) is 14.1. The molecule has 7 nitrogen and oxygen atoms in total. The molecule has 2 aromatic carbocycles. The Bertz CT molecular complexity index is 1440. The van der Waals surface area contributed by atoms with Gasteiger partial charge in [0.25, 0.3) is 0 Å². The van der Waals surface area contributed by atoms with Crippen molar-refractivity contribution in [2.24, 2.45) is 4.99 Å². The molecular weight excluding hydrogens is 424 g/mol. The Hall–Kier alpha value is -3.78. The molecule has 0 amide bonds. The highest BCUT2D eigenvalue weighted by Crippen LogP contribution is 2.39. The molecule has 0 unspecified atom stereocenters. The summed E-state index contributed by atoms with van der Waals surface area (Å²) in [4.78, 5) is 13.4. The third-order valence-corrected chi connectivity index (χ3v) is 7.02. The van der Waals surface area contributed by atoms with E-state index in [0.29, 0.717) is 29.4 Å². The van der Waals surface area contributed by atoms with Gasteiger partial charge in [-0.2, -0.15) is 0 Å². The van der Waals surface area contributed by atoms with Crippen molar-refractivity contribution in [3.63, 3.8) is 0 Å². The Morgan fingerprint density at radius 1 is 0.969 bits per heavy atom. The van der Waals surface area contributed by atoms with E-state index in [0.717, 1.165) is 16.7 Å². The molecule has 3 heterocycles. The number of anilines is 1. The van der Waals surface area contributed by atoms with Crippen molar-refractivity contribution in [1.82, 2.24) is 9.97 Å². The molecule has 0 spiro atoms. The third-order valence-electron chi connectivity index (χ3n) is 5.28. The predicted octanol–water partition coefficient (Wildman–Crippen LogP) is 4.61. The second-order valence-corrected chi connectivity index (χ2v) is 9.47. The van der Waals surface area contributed by atoms with Crippen LogP contribution in [0.4, 0.5) is 11.5 Å². The van der Waals surface area contributed by atoms with Gasteiger partial charge in [-0.15, -0.1) is 0 Å². The summed E-state index contributed by atoms with van der Waals surface area (Å²) >= 11 is 0. The molecule has 0 saturated carbocycles. The molecule has 0 fully saturated rings. The van der Waals surface area contributed by atoms with E-state index < -0.39 is 9.84 Å². The van der Waals surface area contributed by atoms with Crippen molar-refractivity contribution < 1.29 is 12.8 Å². The first-order chi connectivity index (χ1) is 15.4. The van der Waals surface area contributed by atoms with Gasteiger partial charge in [0.15, 0.2) is 10.8 Å². The van der Waals surface area contributed by atoms with Crippen LogP contribution >= 0.6 is 0 Å². The summed E-state index contributed by atoms with van der Waals surface area (Å²) in [5, 5.41) is 3.02. The molecule has 0 radical (unpaired) electrons. The maximum atomic E-state index is 13.6. The monoisotopic (exact) mass is 444 g/mol. The summed E-state index contributed by atoms with van der Waals surface area (Å²) in [5.74, 6) is 1.01. The number of hydrogen-bond donors (Lipinski definition) is 1. The van der Waals surface area contributed by atoms with Gasteiger partial charge in [-0.05, 0) is 38.1 Å². The molecule has 160 valence electrons. The van der Waals surface area contributed by atoms with Crippen LogP contribution in [-0.4, -0.2) is 24.1 Å². The minimum Gasteiger partial charge on any atom is -0.467 e. The van der Waals surface area contributed by atoms with Crippen LogP contribution in [-0.2, 0) is 16.4 Å².